The van der Waals surface area contributed by atoms with Crippen molar-refractivity contribution in [3.8, 4) is 5.75 Å². The van der Waals surface area contributed by atoms with E-state index in [9.17, 15) is 4.79 Å². The van der Waals surface area contributed by atoms with E-state index in [4.69, 9.17) is 14.2 Å². The predicted molar refractivity (Wildman–Crippen MR) is 120 cm³/mol. The highest BCUT2D eigenvalue weighted by Gasteiger charge is 2.28. The second-order valence-electron chi connectivity index (χ2n) is 9.13. The van der Waals surface area contributed by atoms with E-state index in [-0.39, 0.29) is 18.0 Å². The van der Waals surface area contributed by atoms with Gasteiger partial charge in [0.2, 0.25) is 0 Å². The summed E-state index contributed by atoms with van der Waals surface area (Å²) in [5.41, 5.74) is 1.25. The second-order valence-corrected chi connectivity index (χ2v) is 9.13. The molecule has 3 rings (SSSR count). The summed E-state index contributed by atoms with van der Waals surface area (Å²) in [6.07, 6.45) is 14.0. The van der Waals surface area contributed by atoms with Crippen LogP contribution in [0.5, 0.6) is 5.75 Å². The number of rotatable bonds is 10. The van der Waals surface area contributed by atoms with Gasteiger partial charge in [-0.25, -0.2) is 0 Å². The molecule has 0 heterocycles. The molecule has 0 atom stereocenters. The van der Waals surface area contributed by atoms with Crippen molar-refractivity contribution in [1.29, 1.82) is 0 Å². The summed E-state index contributed by atoms with van der Waals surface area (Å²) < 4.78 is 17.5. The van der Waals surface area contributed by atoms with Crippen LogP contribution in [0.3, 0.4) is 0 Å². The van der Waals surface area contributed by atoms with Crippen LogP contribution in [0.1, 0.15) is 90.0 Å². The van der Waals surface area contributed by atoms with Gasteiger partial charge in [0.1, 0.15) is 12.5 Å². The molecule has 2 aliphatic rings. The van der Waals surface area contributed by atoms with Crippen LogP contribution in [0.2, 0.25) is 0 Å². The summed E-state index contributed by atoms with van der Waals surface area (Å²) >= 11 is 0. The normalized spacial score (nSPS) is 27.0. The van der Waals surface area contributed by atoms with E-state index in [0.29, 0.717) is 18.6 Å². The summed E-state index contributed by atoms with van der Waals surface area (Å²) in [5, 5.41) is 0. The lowest BCUT2D eigenvalue weighted by atomic mass is 9.84. The molecule has 0 spiro atoms. The quantitative estimate of drug-likeness (QED) is 0.250. The zero-order chi connectivity index (χ0) is 21.2. The number of unbranched alkanes of at least 4 members (excludes halogenated alkanes) is 1. The largest absolute Gasteiger partial charge is 0.426 e. The van der Waals surface area contributed by atoms with Gasteiger partial charge in [-0.15, -0.1) is 0 Å². The molecule has 1 aromatic rings. The Morgan fingerprint density at radius 3 is 2.03 bits per heavy atom. The molecule has 0 amide bonds. The average Bonchev–Trinajstić information content (AvgIpc) is 2.79. The van der Waals surface area contributed by atoms with Crippen LogP contribution in [-0.4, -0.2) is 25.0 Å². The van der Waals surface area contributed by atoms with Crippen molar-refractivity contribution in [3.05, 3.63) is 29.8 Å². The number of hydrogen-bond donors (Lipinski definition) is 0. The van der Waals surface area contributed by atoms with Crippen molar-refractivity contribution in [2.75, 3.05) is 6.79 Å². The first-order chi connectivity index (χ1) is 14.7. The third kappa shape index (κ3) is 7.39. The van der Waals surface area contributed by atoms with E-state index in [1.54, 1.807) is 0 Å². The second kappa shape index (κ2) is 12.5. The van der Waals surface area contributed by atoms with Crippen molar-refractivity contribution in [3.63, 3.8) is 0 Å². The average molecular weight is 417 g/mol. The molecule has 2 fully saturated rings. The van der Waals surface area contributed by atoms with E-state index in [1.165, 1.54) is 50.5 Å². The Morgan fingerprint density at radius 2 is 1.47 bits per heavy atom. The number of benzene rings is 1. The number of esters is 1. The number of aryl methyl sites for hydroxylation is 1. The highest BCUT2D eigenvalue weighted by Crippen LogP contribution is 2.31. The molecule has 2 aliphatic carbocycles. The van der Waals surface area contributed by atoms with Crippen LogP contribution in [0, 0.1) is 11.8 Å². The van der Waals surface area contributed by atoms with Crippen LogP contribution in [0.15, 0.2) is 24.3 Å². The van der Waals surface area contributed by atoms with Crippen LogP contribution >= 0.6 is 0 Å². The fourth-order valence-electron chi connectivity index (χ4n) is 4.77. The lowest BCUT2D eigenvalue weighted by molar-refractivity contribution is -0.147. The van der Waals surface area contributed by atoms with Crippen molar-refractivity contribution in [1.82, 2.24) is 0 Å². The standard InChI is InChI=1S/C26H40O4/c1-3-5-6-21-9-13-23(14-10-21)28-19-29-24-17-11-22(12-18-24)26(27)30-25-15-7-20(4-2)8-16-25/h7-8,15-16,21-24H,3-6,9-14,17-19H2,1-2H3. The molecule has 2 saturated carbocycles. The number of hydrogen-bond acceptors (Lipinski definition) is 4. The lowest BCUT2D eigenvalue weighted by Crippen LogP contribution is -2.30. The maximum atomic E-state index is 12.5. The molecule has 0 radical (unpaired) electrons. The maximum Gasteiger partial charge on any atom is 0.314 e. The number of ether oxygens (including phenoxy) is 3. The minimum Gasteiger partial charge on any atom is -0.426 e. The van der Waals surface area contributed by atoms with Gasteiger partial charge in [0.25, 0.3) is 0 Å². The number of carbonyl (C=O) groups excluding carboxylic acids is 1. The molecule has 0 aliphatic heterocycles. The van der Waals surface area contributed by atoms with Gasteiger partial charge in [-0.1, -0.05) is 45.2 Å². The van der Waals surface area contributed by atoms with Gasteiger partial charge < -0.3 is 14.2 Å². The van der Waals surface area contributed by atoms with E-state index >= 15 is 0 Å². The lowest BCUT2D eigenvalue weighted by Gasteiger charge is -2.30. The molecule has 0 saturated heterocycles. The van der Waals surface area contributed by atoms with Crippen LogP contribution in [-0.2, 0) is 20.7 Å². The van der Waals surface area contributed by atoms with Gasteiger partial charge in [0.15, 0.2) is 0 Å². The molecule has 0 unspecified atom stereocenters. The molecule has 4 nitrogen and oxygen atoms in total. The first kappa shape index (κ1) is 23.3. The van der Waals surface area contributed by atoms with E-state index in [2.05, 4.69) is 13.8 Å². The highest BCUT2D eigenvalue weighted by molar-refractivity contribution is 5.75. The summed E-state index contributed by atoms with van der Waals surface area (Å²) in [4.78, 5) is 12.5. The van der Waals surface area contributed by atoms with Gasteiger partial charge in [-0.05, 0) is 81.4 Å². The third-order valence-electron chi connectivity index (χ3n) is 6.92. The van der Waals surface area contributed by atoms with Crippen LogP contribution < -0.4 is 4.74 Å². The molecule has 30 heavy (non-hydrogen) atoms. The minimum atomic E-state index is -0.103. The number of carbonyl (C=O) groups is 1. The Labute approximate surface area is 182 Å². The van der Waals surface area contributed by atoms with E-state index in [1.807, 2.05) is 24.3 Å². The Balaban J connectivity index is 1.28. The fraction of sp³-hybridized carbons (Fsp3) is 0.731. The Bertz CT molecular complexity index is 610. The molecule has 4 heteroatoms. The van der Waals surface area contributed by atoms with Crippen molar-refractivity contribution >= 4 is 5.97 Å². The Morgan fingerprint density at radius 1 is 0.867 bits per heavy atom. The predicted octanol–water partition coefficient (Wildman–Crippen LogP) is 6.45. The van der Waals surface area contributed by atoms with E-state index < -0.39 is 0 Å². The maximum absolute atomic E-state index is 12.5. The topological polar surface area (TPSA) is 44.8 Å². The summed E-state index contributed by atoms with van der Waals surface area (Å²) in [6, 6.07) is 7.82. The zero-order valence-electron chi connectivity index (χ0n) is 18.9. The van der Waals surface area contributed by atoms with Crippen molar-refractivity contribution in [2.45, 2.75) is 103 Å². The Kier molecular flexibility index (Phi) is 9.67. The molecule has 0 aromatic heterocycles. The van der Waals surface area contributed by atoms with Gasteiger partial charge in [-0.3, -0.25) is 4.79 Å². The monoisotopic (exact) mass is 416 g/mol. The molecule has 0 N–H and O–H groups in total. The zero-order valence-corrected chi connectivity index (χ0v) is 18.9. The van der Waals surface area contributed by atoms with Crippen molar-refractivity contribution in [2.24, 2.45) is 11.8 Å². The van der Waals surface area contributed by atoms with Crippen LogP contribution in [0.25, 0.3) is 0 Å². The summed E-state index contributed by atoms with van der Waals surface area (Å²) in [6.45, 7) is 4.78. The Hall–Kier alpha value is -1.39. The molecule has 168 valence electrons. The van der Waals surface area contributed by atoms with E-state index in [0.717, 1.165) is 38.0 Å². The fourth-order valence-corrected chi connectivity index (χ4v) is 4.77. The van der Waals surface area contributed by atoms with Crippen LogP contribution in [0.4, 0.5) is 0 Å². The summed E-state index contributed by atoms with van der Waals surface area (Å²) in [5.74, 6) is 1.43. The van der Waals surface area contributed by atoms with Gasteiger partial charge in [0.05, 0.1) is 18.1 Å². The van der Waals surface area contributed by atoms with Crippen molar-refractivity contribution < 1.29 is 19.0 Å². The SMILES string of the molecule is CCCCC1CCC(OCOC2CCC(C(=O)Oc3ccc(CC)cc3)CC2)CC1. The summed E-state index contributed by atoms with van der Waals surface area (Å²) in [7, 11) is 0. The van der Waals surface area contributed by atoms with Gasteiger partial charge in [-0.2, -0.15) is 0 Å². The molecule has 1 aromatic carbocycles. The van der Waals surface area contributed by atoms with Gasteiger partial charge in [0, 0.05) is 0 Å². The first-order valence-corrected chi connectivity index (χ1v) is 12.2. The molecular formula is C26H40O4. The third-order valence-corrected chi connectivity index (χ3v) is 6.92. The van der Waals surface area contributed by atoms with Gasteiger partial charge >= 0.3 is 5.97 Å². The minimum absolute atomic E-state index is 0.0185. The molecule has 0 bridgehead atoms. The molecular weight excluding hydrogens is 376 g/mol. The first-order valence-electron chi connectivity index (χ1n) is 12.2. The highest BCUT2D eigenvalue weighted by atomic mass is 16.7. The smallest absolute Gasteiger partial charge is 0.314 e.